The second-order valence-electron chi connectivity index (χ2n) is 5.92. The lowest BCUT2D eigenvalue weighted by Gasteiger charge is -2.16. The van der Waals surface area contributed by atoms with Crippen LogP contribution in [0.5, 0.6) is 0 Å². The summed E-state index contributed by atoms with van der Waals surface area (Å²) in [6.45, 7) is -0.0185. The number of primary amides is 1. The van der Waals surface area contributed by atoms with Crippen molar-refractivity contribution in [2.45, 2.75) is 12.1 Å². The summed E-state index contributed by atoms with van der Waals surface area (Å²) in [6, 6.07) is 10.4. The number of benzodiazepines with no additional fused rings is 1. The van der Waals surface area contributed by atoms with Crippen LogP contribution in [-0.4, -0.2) is 18.2 Å². The van der Waals surface area contributed by atoms with Gasteiger partial charge in [-0.05, 0) is 23.8 Å². The molecular formula is C19H15ClF3N3O. The van der Waals surface area contributed by atoms with Gasteiger partial charge in [-0.15, -0.1) is 11.6 Å². The van der Waals surface area contributed by atoms with Crippen molar-refractivity contribution in [3.8, 4) is 0 Å². The Morgan fingerprint density at radius 3 is 2.63 bits per heavy atom. The quantitative estimate of drug-likeness (QED) is 0.609. The highest BCUT2D eigenvalue weighted by molar-refractivity contribution is 6.19. The second kappa shape index (κ2) is 7.44. The molecule has 0 aromatic heterocycles. The van der Waals surface area contributed by atoms with Crippen LogP contribution in [-0.2, 0) is 16.9 Å². The first-order chi connectivity index (χ1) is 12.8. The average molecular weight is 394 g/mol. The van der Waals surface area contributed by atoms with Crippen molar-refractivity contribution in [2.75, 3.05) is 11.9 Å². The normalized spacial score (nSPS) is 15.6. The summed E-state index contributed by atoms with van der Waals surface area (Å²) in [5.74, 6) is -0.475. The van der Waals surface area contributed by atoms with Gasteiger partial charge >= 0.3 is 6.18 Å². The smallest absolute Gasteiger partial charge is 0.366 e. The van der Waals surface area contributed by atoms with Crippen LogP contribution in [0.3, 0.4) is 0 Å². The number of nitrogens with two attached hydrogens (primary N) is 1. The number of carbonyl (C=O) groups is 1. The maximum atomic E-state index is 13.5. The highest BCUT2D eigenvalue weighted by Gasteiger charge is 2.35. The fourth-order valence-corrected chi connectivity index (χ4v) is 3.03. The third-order valence-corrected chi connectivity index (χ3v) is 4.31. The van der Waals surface area contributed by atoms with Gasteiger partial charge in [0.25, 0.3) is 0 Å². The van der Waals surface area contributed by atoms with E-state index in [1.54, 1.807) is 18.2 Å². The first-order valence-corrected chi connectivity index (χ1v) is 8.50. The Bertz CT molecular complexity index is 951. The van der Waals surface area contributed by atoms with Gasteiger partial charge in [0.1, 0.15) is 0 Å². The number of anilines is 1. The number of amides is 1. The lowest BCUT2D eigenvalue weighted by molar-refractivity contribution is -0.137. The highest BCUT2D eigenvalue weighted by atomic mass is 35.5. The number of aliphatic imine (C=N–C) groups is 1. The lowest BCUT2D eigenvalue weighted by Crippen LogP contribution is -2.15. The number of hydrogen-bond donors (Lipinski definition) is 2. The number of benzene rings is 2. The Morgan fingerprint density at radius 1 is 1.22 bits per heavy atom. The van der Waals surface area contributed by atoms with Gasteiger partial charge in [-0.1, -0.05) is 24.3 Å². The summed E-state index contributed by atoms with van der Waals surface area (Å²) in [5.41, 5.74) is 6.65. The van der Waals surface area contributed by atoms with Crippen molar-refractivity contribution >= 4 is 28.9 Å². The summed E-state index contributed by atoms with van der Waals surface area (Å²) in [5, 5.41) is 3.02. The monoisotopic (exact) mass is 393 g/mol. The highest BCUT2D eigenvalue weighted by Crippen LogP contribution is 2.35. The van der Waals surface area contributed by atoms with E-state index in [2.05, 4.69) is 10.3 Å². The molecule has 1 amide bonds. The van der Waals surface area contributed by atoms with Crippen molar-refractivity contribution < 1.29 is 18.0 Å². The molecule has 0 spiro atoms. The van der Waals surface area contributed by atoms with Crippen LogP contribution >= 0.6 is 11.6 Å². The van der Waals surface area contributed by atoms with E-state index < -0.39 is 17.6 Å². The molecule has 3 N–H and O–H groups in total. The predicted molar refractivity (Wildman–Crippen MR) is 98.8 cm³/mol. The molecule has 140 valence electrons. The Hall–Kier alpha value is -2.80. The minimum Gasteiger partial charge on any atom is -0.366 e. The molecule has 1 aliphatic heterocycles. The predicted octanol–water partition coefficient (Wildman–Crippen LogP) is 4.08. The summed E-state index contributed by atoms with van der Waals surface area (Å²) in [7, 11) is 0. The molecule has 0 saturated heterocycles. The largest absolute Gasteiger partial charge is 0.417 e. The van der Waals surface area contributed by atoms with E-state index in [9.17, 15) is 18.0 Å². The summed E-state index contributed by atoms with van der Waals surface area (Å²) in [4.78, 5) is 15.6. The van der Waals surface area contributed by atoms with E-state index in [-0.39, 0.29) is 23.7 Å². The van der Waals surface area contributed by atoms with Crippen LogP contribution in [0.25, 0.3) is 0 Å². The van der Waals surface area contributed by atoms with Crippen LogP contribution in [0.15, 0.2) is 59.2 Å². The summed E-state index contributed by atoms with van der Waals surface area (Å²) in [6.07, 6.45) is -3.36. The number of alkyl halides is 4. The van der Waals surface area contributed by atoms with Gasteiger partial charge < -0.3 is 11.1 Å². The first kappa shape index (κ1) is 19.0. The van der Waals surface area contributed by atoms with Crippen LogP contribution < -0.4 is 11.1 Å². The zero-order valence-electron chi connectivity index (χ0n) is 14.0. The van der Waals surface area contributed by atoms with Gasteiger partial charge in [-0.25, -0.2) is 0 Å². The van der Waals surface area contributed by atoms with E-state index in [4.69, 9.17) is 17.3 Å². The standard InChI is InChI=1S/C19H15ClF3N3O/c20-9-11-5-6-16-14(7-11)18(25-10-12(26-16)8-17(24)27)13-3-1-2-4-15(13)19(21,22)23/h1-8,26H,9-10H2,(H2,24,27). The van der Waals surface area contributed by atoms with E-state index in [0.29, 0.717) is 16.9 Å². The molecule has 0 radical (unpaired) electrons. The minimum atomic E-state index is -4.53. The molecule has 0 fully saturated rings. The van der Waals surface area contributed by atoms with Gasteiger partial charge in [0.15, 0.2) is 0 Å². The van der Waals surface area contributed by atoms with Gasteiger partial charge in [0.2, 0.25) is 5.91 Å². The zero-order chi connectivity index (χ0) is 19.6. The molecular weight excluding hydrogens is 379 g/mol. The Kier molecular flexibility index (Phi) is 5.23. The first-order valence-electron chi connectivity index (χ1n) is 7.97. The molecule has 0 unspecified atom stereocenters. The van der Waals surface area contributed by atoms with Crippen LogP contribution in [0.1, 0.15) is 22.3 Å². The third-order valence-electron chi connectivity index (χ3n) is 4.00. The van der Waals surface area contributed by atoms with Gasteiger partial charge in [0.05, 0.1) is 17.8 Å². The molecule has 0 saturated carbocycles. The molecule has 1 heterocycles. The summed E-state index contributed by atoms with van der Waals surface area (Å²) < 4.78 is 40.5. The van der Waals surface area contributed by atoms with E-state index >= 15 is 0 Å². The average Bonchev–Trinajstić information content (AvgIpc) is 2.78. The SMILES string of the molecule is NC(=O)C=C1CN=C(c2ccccc2C(F)(F)F)c2cc(CCl)ccc2N1. The number of nitrogens with one attached hydrogen (secondary N) is 1. The maximum Gasteiger partial charge on any atom is 0.417 e. The van der Waals surface area contributed by atoms with E-state index in [1.165, 1.54) is 24.3 Å². The molecule has 8 heteroatoms. The van der Waals surface area contributed by atoms with Crippen LogP contribution in [0, 0.1) is 0 Å². The van der Waals surface area contributed by atoms with E-state index in [1.807, 2.05) is 0 Å². The van der Waals surface area contributed by atoms with Crippen molar-refractivity contribution in [2.24, 2.45) is 10.7 Å². The second-order valence-corrected chi connectivity index (χ2v) is 6.19. The van der Waals surface area contributed by atoms with Crippen molar-refractivity contribution in [1.82, 2.24) is 0 Å². The van der Waals surface area contributed by atoms with E-state index in [0.717, 1.165) is 11.6 Å². The van der Waals surface area contributed by atoms with Crippen molar-refractivity contribution in [3.05, 3.63) is 76.5 Å². The van der Waals surface area contributed by atoms with Gasteiger partial charge in [-0.2, -0.15) is 13.2 Å². The lowest BCUT2D eigenvalue weighted by atomic mass is 9.95. The molecule has 4 nitrogen and oxygen atoms in total. The number of nitrogens with zero attached hydrogens (tertiary/aromatic N) is 1. The van der Waals surface area contributed by atoms with Crippen molar-refractivity contribution in [3.63, 3.8) is 0 Å². The Balaban J connectivity index is 2.24. The molecule has 27 heavy (non-hydrogen) atoms. The van der Waals surface area contributed by atoms with Gasteiger partial charge in [-0.3, -0.25) is 9.79 Å². The third kappa shape index (κ3) is 4.14. The topological polar surface area (TPSA) is 67.5 Å². The van der Waals surface area contributed by atoms with Crippen LogP contribution in [0.2, 0.25) is 0 Å². The molecule has 0 bridgehead atoms. The summed E-state index contributed by atoms with van der Waals surface area (Å²) >= 11 is 5.89. The van der Waals surface area contributed by atoms with Crippen molar-refractivity contribution in [1.29, 1.82) is 0 Å². The Morgan fingerprint density at radius 2 is 1.96 bits per heavy atom. The minimum absolute atomic E-state index is 0.0185. The fourth-order valence-electron chi connectivity index (χ4n) is 2.86. The fraction of sp³-hybridized carbons (Fsp3) is 0.158. The zero-order valence-corrected chi connectivity index (χ0v) is 14.7. The molecule has 1 aliphatic rings. The number of rotatable bonds is 3. The van der Waals surface area contributed by atoms with Crippen LogP contribution in [0.4, 0.5) is 18.9 Å². The Labute approximate surface area is 158 Å². The number of carbonyl (C=O) groups excluding carboxylic acids is 1. The molecule has 3 rings (SSSR count). The molecule has 0 atom stereocenters. The number of hydrogen-bond acceptors (Lipinski definition) is 3. The maximum absolute atomic E-state index is 13.5. The molecule has 0 aliphatic carbocycles. The number of halogens is 4. The number of fused-ring (bicyclic) bond motifs is 1. The molecule has 2 aromatic carbocycles. The van der Waals surface area contributed by atoms with Gasteiger partial charge in [0, 0.05) is 34.5 Å². The molecule has 2 aromatic rings.